The van der Waals surface area contributed by atoms with E-state index < -0.39 is 5.54 Å². The molecule has 0 aliphatic heterocycles. The number of carbonyl (C=O) groups is 1. The van der Waals surface area contributed by atoms with Gasteiger partial charge in [-0.05, 0) is 43.2 Å². The van der Waals surface area contributed by atoms with E-state index in [1.165, 1.54) is 16.9 Å². The average molecular weight is 298 g/mol. The lowest BCUT2D eigenvalue weighted by molar-refractivity contribution is 0.0921. The molecular weight excluding hydrogens is 280 g/mol. The fourth-order valence-electron chi connectivity index (χ4n) is 2.10. The maximum Gasteiger partial charge on any atom is 0.253 e. The molecule has 2 rings (SSSR count). The van der Waals surface area contributed by atoms with Gasteiger partial charge in [-0.15, -0.1) is 0 Å². The van der Waals surface area contributed by atoms with Crippen molar-refractivity contribution in [1.29, 1.82) is 5.26 Å². The molecule has 4 heteroatoms. The zero-order valence-electron chi connectivity index (χ0n) is 12.2. The van der Waals surface area contributed by atoms with Gasteiger partial charge in [0.05, 0.1) is 11.6 Å². The van der Waals surface area contributed by atoms with E-state index in [0.29, 0.717) is 12.0 Å². The van der Waals surface area contributed by atoms with Crippen LogP contribution in [-0.2, 0) is 6.42 Å². The highest BCUT2D eigenvalue weighted by atomic mass is 32.1. The second-order valence-corrected chi connectivity index (χ2v) is 6.10. The predicted octanol–water partition coefficient (Wildman–Crippen LogP) is 3.70. The molecule has 0 saturated carbocycles. The lowest BCUT2D eigenvalue weighted by Gasteiger charge is -2.23. The van der Waals surface area contributed by atoms with Crippen LogP contribution in [0, 0.1) is 18.3 Å². The Morgan fingerprint density at radius 1 is 1.33 bits per heavy atom. The Hall–Kier alpha value is -2.12. The molecule has 1 amide bonds. The van der Waals surface area contributed by atoms with Crippen LogP contribution < -0.4 is 5.32 Å². The van der Waals surface area contributed by atoms with Gasteiger partial charge < -0.3 is 5.32 Å². The maximum atomic E-state index is 12.3. The fraction of sp³-hybridized carbons (Fsp3) is 0.294. The van der Waals surface area contributed by atoms with Gasteiger partial charge in [0, 0.05) is 5.38 Å². The van der Waals surface area contributed by atoms with Gasteiger partial charge in [-0.2, -0.15) is 16.6 Å². The van der Waals surface area contributed by atoms with Crippen molar-refractivity contribution in [3.8, 4) is 6.07 Å². The summed E-state index contributed by atoms with van der Waals surface area (Å²) in [5.74, 6) is -0.175. The molecule has 1 atom stereocenters. The van der Waals surface area contributed by atoms with Gasteiger partial charge in [0.25, 0.3) is 5.91 Å². The second-order valence-electron chi connectivity index (χ2n) is 5.35. The third-order valence-electron chi connectivity index (χ3n) is 3.49. The Morgan fingerprint density at radius 3 is 2.62 bits per heavy atom. The monoisotopic (exact) mass is 298 g/mol. The van der Waals surface area contributed by atoms with Crippen molar-refractivity contribution in [3.05, 3.63) is 57.8 Å². The number of rotatable bonds is 5. The number of nitrogens with one attached hydrogen (secondary N) is 1. The number of thiophene rings is 1. The number of amides is 1. The van der Waals surface area contributed by atoms with Crippen LogP contribution in [0.2, 0.25) is 0 Å². The number of aryl methyl sites for hydroxylation is 2. The van der Waals surface area contributed by atoms with Gasteiger partial charge >= 0.3 is 0 Å². The number of nitrogens with zero attached hydrogens (tertiary/aromatic N) is 1. The Bertz CT molecular complexity index is 657. The van der Waals surface area contributed by atoms with Gasteiger partial charge in [0.2, 0.25) is 0 Å². The molecule has 0 bridgehead atoms. The highest BCUT2D eigenvalue weighted by Crippen LogP contribution is 2.18. The molecule has 0 spiro atoms. The van der Waals surface area contributed by atoms with E-state index in [-0.39, 0.29) is 5.91 Å². The summed E-state index contributed by atoms with van der Waals surface area (Å²) in [6, 6.07) is 12.2. The molecule has 1 aromatic carbocycles. The normalized spacial score (nSPS) is 13.2. The van der Waals surface area contributed by atoms with Crippen LogP contribution in [0.3, 0.4) is 0 Å². The molecule has 1 aromatic heterocycles. The van der Waals surface area contributed by atoms with E-state index in [2.05, 4.69) is 11.4 Å². The fourth-order valence-corrected chi connectivity index (χ4v) is 2.92. The molecule has 0 unspecified atom stereocenters. The van der Waals surface area contributed by atoms with Crippen LogP contribution in [0.15, 0.2) is 41.1 Å². The van der Waals surface area contributed by atoms with Gasteiger partial charge in [0.1, 0.15) is 5.54 Å². The largest absolute Gasteiger partial charge is 0.334 e. The molecule has 1 heterocycles. The minimum Gasteiger partial charge on any atom is -0.334 e. The maximum absolute atomic E-state index is 12.3. The van der Waals surface area contributed by atoms with Gasteiger partial charge in [0.15, 0.2) is 0 Å². The van der Waals surface area contributed by atoms with Gasteiger partial charge in [-0.1, -0.05) is 30.3 Å². The lowest BCUT2D eigenvalue weighted by Crippen LogP contribution is -2.45. The summed E-state index contributed by atoms with van der Waals surface area (Å²) in [5, 5.41) is 16.0. The van der Waals surface area contributed by atoms with Gasteiger partial charge in [-0.25, -0.2) is 0 Å². The number of nitriles is 1. The average Bonchev–Trinajstić information content (AvgIpc) is 2.92. The van der Waals surface area contributed by atoms with Crippen molar-refractivity contribution in [3.63, 3.8) is 0 Å². The highest BCUT2D eigenvalue weighted by Gasteiger charge is 2.27. The zero-order chi connectivity index (χ0) is 15.3. The van der Waals surface area contributed by atoms with Crippen LogP contribution >= 0.6 is 11.3 Å². The van der Waals surface area contributed by atoms with E-state index in [9.17, 15) is 10.1 Å². The van der Waals surface area contributed by atoms with E-state index >= 15 is 0 Å². The van der Waals surface area contributed by atoms with Crippen LogP contribution in [0.5, 0.6) is 0 Å². The van der Waals surface area contributed by atoms with Crippen LogP contribution in [0.25, 0.3) is 0 Å². The Kier molecular flexibility index (Phi) is 4.77. The van der Waals surface area contributed by atoms with E-state index in [4.69, 9.17) is 0 Å². The summed E-state index contributed by atoms with van der Waals surface area (Å²) >= 11 is 1.49. The summed E-state index contributed by atoms with van der Waals surface area (Å²) in [7, 11) is 0. The summed E-state index contributed by atoms with van der Waals surface area (Å²) in [6.45, 7) is 3.68. The molecule has 1 N–H and O–H groups in total. The summed E-state index contributed by atoms with van der Waals surface area (Å²) in [4.78, 5) is 12.3. The SMILES string of the molecule is Cc1cscc1C(=O)N[C@](C)(C#N)CCc1ccccc1. The van der Waals surface area contributed by atoms with Gasteiger partial charge in [-0.3, -0.25) is 4.79 Å². The molecule has 21 heavy (non-hydrogen) atoms. The topological polar surface area (TPSA) is 52.9 Å². The molecule has 108 valence electrons. The van der Waals surface area contributed by atoms with Crippen LogP contribution in [-0.4, -0.2) is 11.4 Å². The molecule has 0 aliphatic carbocycles. The summed E-state index contributed by atoms with van der Waals surface area (Å²) < 4.78 is 0. The molecular formula is C17H18N2OS. The molecule has 0 saturated heterocycles. The van der Waals surface area contributed by atoms with E-state index in [1.54, 1.807) is 6.92 Å². The Morgan fingerprint density at radius 2 is 2.05 bits per heavy atom. The standard InChI is InChI=1S/C17H18N2OS/c1-13-10-21-11-15(13)16(20)19-17(2,12-18)9-8-14-6-4-3-5-7-14/h3-7,10-11H,8-9H2,1-2H3,(H,19,20)/t17-/m0/s1. The Labute approximate surface area is 129 Å². The van der Waals surface area contributed by atoms with Crippen molar-refractivity contribution in [2.45, 2.75) is 32.2 Å². The lowest BCUT2D eigenvalue weighted by atomic mass is 9.94. The van der Waals surface area contributed by atoms with Crippen LogP contribution in [0.4, 0.5) is 0 Å². The third-order valence-corrected chi connectivity index (χ3v) is 4.35. The second kappa shape index (κ2) is 6.55. The first-order chi connectivity index (χ1) is 10.0. The molecule has 3 nitrogen and oxygen atoms in total. The molecule has 0 radical (unpaired) electrons. The van der Waals surface area contributed by atoms with Crippen molar-refractivity contribution in [1.82, 2.24) is 5.32 Å². The quantitative estimate of drug-likeness (QED) is 0.915. The van der Waals surface area contributed by atoms with Crippen molar-refractivity contribution in [2.75, 3.05) is 0 Å². The predicted molar refractivity (Wildman–Crippen MR) is 85.3 cm³/mol. The van der Waals surface area contributed by atoms with E-state index in [0.717, 1.165) is 12.0 Å². The molecule has 0 fully saturated rings. The third kappa shape index (κ3) is 3.93. The molecule has 0 aliphatic rings. The minimum atomic E-state index is -0.860. The molecule has 2 aromatic rings. The summed E-state index contributed by atoms with van der Waals surface area (Å²) in [6.07, 6.45) is 1.34. The first kappa shape index (κ1) is 15.3. The first-order valence-electron chi connectivity index (χ1n) is 6.84. The van der Waals surface area contributed by atoms with Crippen molar-refractivity contribution < 1.29 is 4.79 Å². The number of benzene rings is 1. The number of hydrogen-bond donors (Lipinski definition) is 1. The summed E-state index contributed by atoms with van der Waals surface area (Å²) in [5.41, 5.74) is 1.91. The smallest absolute Gasteiger partial charge is 0.253 e. The van der Waals surface area contributed by atoms with Crippen LogP contribution in [0.1, 0.15) is 34.8 Å². The van der Waals surface area contributed by atoms with E-state index in [1.807, 2.05) is 48.0 Å². The van der Waals surface area contributed by atoms with Crippen molar-refractivity contribution >= 4 is 17.2 Å². The minimum absolute atomic E-state index is 0.175. The number of carbonyl (C=O) groups excluding carboxylic acids is 1. The van der Waals surface area contributed by atoms with Crippen molar-refractivity contribution in [2.24, 2.45) is 0 Å². The Balaban J connectivity index is 2.03. The highest BCUT2D eigenvalue weighted by molar-refractivity contribution is 7.08. The first-order valence-corrected chi connectivity index (χ1v) is 7.79. The number of hydrogen-bond acceptors (Lipinski definition) is 3. The zero-order valence-corrected chi connectivity index (χ0v) is 13.0.